The van der Waals surface area contributed by atoms with Crippen molar-refractivity contribution in [2.24, 2.45) is 5.92 Å². The van der Waals surface area contributed by atoms with E-state index in [9.17, 15) is 4.79 Å². The van der Waals surface area contributed by atoms with Crippen molar-refractivity contribution in [3.8, 4) is 0 Å². The minimum absolute atomic E-state index is 0.212. The second-order valence-electron chi connectivity index (χ2n) is 4.96. The van der Waals surface area contributed by atoms with Crippen molar-refractivity contribution < 1.29 is 9.53 Å². The van der Waals surface area contributed by atoms with E-state index in [4.69, 9.17) is 4.74 Å². The predicted molar refractivity (Wildman–Crippen MR) is 55.4 cm³/mol. The summed E-state index contributed by atoms with van der Waals surface area (Å²) in [6, 6.07) is 1.31. The molecule has 2 N–H and O–H groups in total. The Hall–Kier alpha value is -0.610. The molecule has 0 saturated carbocycles. The average molecular weight is 210 g/mol. The molecule has 0 spiro atoms. The van der Waals surface area contributed by atoms with Crippen molar-refractivity contribution in [3.63, 3.8) is 0 Å². The molecular weight excluding hydrogens is 192 g/mol. The highest BCUT2D eigenvalue weighted by Crippen LogP contribution is 2.33. The Morgan fingerprint density at radius 3 is 2.87 bits per heavy atom. The fourth-order valence-electron chi connectivity index (χ4n) is 3.07. The Kier molecular flexibility index (Phi) is 2.41. The van der Waals surface area contributed by atoms with Crippen LogP contribution >= 0.6 is 0 Å². The van der Waals surface area contributed by atoms with E-state index < -0.39 is 0 Å². The van der Waals surface area contributed by atoms with Crippen molar-refractivity contribution in [3.05, 3.63) is 0 Å². The number of hydrogen-bond acceptors (Lipinski definition) is 3. The Labute approximate surface area is 89.7 Å². The topological polar surface area (TPSA) is 50.4 Å². The molecule has 0 radical (unpaired) electrons. The van der Waals surface area contributed by atoms with Gasteiger partial charge in [-0.1, -0.05) is 0 Å². The van der Waals surface area contributed by atoms with E-state index in [2.05, 4.69) is 10.6 Å². The van der Waals surface area contributed by atoms with Gasteiger partial charge in [0.15, 0.2) is 0 Å². The molecule has 1 amide bonds. The zero-order valence-electron chi connectivity index (χ0n) is 8.87. The molecular formula is C11H18N2O2. The molecule has 3 aliphatic heterocycles. The lowest BCUT2D eigenvalue weighted by molar-refractivity contribution is -0.126. The number of ether oxygens (including phenoxy) is 1. The third-order valence-electron chi connectivity index (χ3n) is 3.91. The summed E-state index contributed by atoms with van der Waals surface area (Å²) in [4.78, 5) is 12.0. The van der Waals surface area contributed by atoms with Gasteiger partial charge in [0.05, 0.1) is 18.6 Å². The van der Waals surface area contributed by atoms with Crippen LogP contribution in [0, 0.1) is 5.92 Å². The summed E-state index contributed by atoms with van der Waals surface area (Å²) < 4.78 is 5.25. The lowest BCUT2D eigenvalue weighted by atomic mass is 9.88. The van der Waals surface area contributed by atoms with Gasteiger partial charge in [0.25, 0.3) is 0 Å². The summed E-state index contributed by atoms with van der Waals surface area (Å²) in [5.74, 6) is 0.453. The Morgan fingerprint density at radius 1 is 1.33 bits per heavy atom. The van der Waals surface area contributed by atoms with Crippen LogP contribution in [0.25, 0.3) is 0 Å². The first-order valence-electron chi connectivity index (χ1n) is 5.97. The van der Waals surface area contributed by atoms with Crippen LogP contribution in [0.5, 0.6) is 0 Å². The summed E-state index contributed by atoms with van der Waals surface area (Å²) >= 11 is 0. The maximum Gasteiger partial charge on any atom is 0.225 e. The summed E-state index contributed by atoms with van der Waals surface area (Å²) in [7, 11) is 0. The van der Waals surface area contributed by atoms with Crippen molar-refractivity contribution >= 4 is 5.91 Å². The first-order valence-corrected chi connectivity index (χ1v) is 5.97. The van der Waals surface area contributed by atoms with E-state index in [0.717, 1.165) is 19.4 Å². The van der Waals surface area contributed by atoms with E-state index in [1.807, 2.05) is 0 Å². The minimum Gasteiger partial charge on any atom is -0.379 e. The largest absolute Gasteiger partial charge is 0.379 e. The molecule has 4 unspecified atom stereocenters. The number of fused-ring (bicyclic) bond motifs is 2. The third-order valence-corrected chi connectivity index (χ3v) is 3.91. The van der Waals surface area contributed by atoms with Gasteiger partial charge in [-0.15, -0.1) is 0 Å². The maximum atomic E-state index is 12.0. The molecule has 0 aromatic heterocycles. The van der Waals surface area contributed by atoms with Gasteiger partial charge in [-0.25, -0.2) is 0 Å². The van der Waals surface area contributed by atoms with Gasteiger partial charge < -0.3 is 15.4 Å². The minimum atomic E-state index is 0.212. The zero-order valence-corrected chi connectivity index (χ0v) is 8.87. The highest BCUT2D eigenvalue weighted by atomic mass is 16.5. The van der Waals surface area contributed by atoms with Crippen LogP contribution in [0.15, 0.2) is 0 Å². The van der Waals surface area contributed by atoms with E-state index in [0.29, 0.717) is 18.7 Å². The van der Waals surface area contributed by atoms with Gasteiger partial charge in [0.1, 0.15) is 0 Å². The zero-order chi connectivity index (χ0) is 10.3. The monoisotopic (exact) mass is 210 g/mol. The first kappa shape index (κ1) is 9.60. The van der Waals surface area contributed by atoms with E-state index in [1.54, 1.807) is 0 Å². The molecule has 4 heteroatoms. The molecule has 3 saturated heterocycles. The number of rotatable bonds is 2. The van der Waals surface area contributed by atoms with Crippen molar-refractivity contribution in [2.45, 2.75) is 43.8 Å². The Balaban J connectivity index is 1.56. The van der Waals surface area contributed by atoms with Gasteiger partial charge in [0, 0.05) is 18.7 Å². The van der Waals surface area contributed by atoms with Crippen LogP contribution in [0.4, 0.5) is 0 Å². The maximum absolute atomic E-state index is 12.0. The lowest BCUT2D eigenvalue weighted by Crippen LogP contribution is -2.42. The molecule has 3 aliphatic rings. The molecule has 3 fully saturated rings. The van der Waals surface area contributed by atoms with Crippen LogP contribution in [-0.2, 0) is 9.53 Å². The second-order valence-corrected chi connectivity index (χ2v) is 4.96. The van der Waals surface area contributed by atoms with Gasteiger partial charge in [0.2, 0.25) is 5.91 Å². The fraction of sp³-hybridized carbons (Fsp3) is 0.909. The number of carbonyl (C=O) groups excluding carboxylic acids is 1. The van der Waals surface area contributed by atoms with E-state index in [-0.39, 0.29) is 17.9 Å². The molecule has 3 rings (SSSR count). The molecule has 84 valence electrons. The van der Waals surface area contributed by atoms with Gasteiger partial charge in [-0.2, -0.15) is 0 Å². The van der Waals surface area contributed by atoms with Crippen LogP contribution < -0.4 is 10.6 Å². The number of nitrogens with one attached hydrogen (secondary N) is 2. The first-order chi connectivity index (χ1) is 7.33. The fourth-order valence-corrected chi connectivity index (χ4v) is 3.07. The van der Waals surface area contributed by atoms with Crippen LogP contribution in [0.3, 0.4) is 0 Å². The molecule has 4 nitrogen and oxygen atoms in total. The molecule has 0 aromatic rings. The molecule has 0 aromatic carbocycles. The van der Waals surface area contributed by atoms with Crippen LogP contribution in [-0.4, -0.2) is 37.2 Å². The van der Waals surface area contributed by atoms with Crippen molar-refractivity contribution in [1.82, 2.24) is 10.6 Å². The highest BCUT2D eigenvalue weighted by Gasteiger charge is 2.43. The average Bonchev–Trinajstić information content (AvgIpc) is 2.93. The molecule has 2 bridgehead atoms. The van der Waals surface area contributed by atoms with E-state index in [1.165, 1.54) is 12.8 Å². The molecule has 15 heavy (non-hydrogen) atoms. The number of hydrogen-bond donors (Lipinski definition) is 2. The lowest BCUT2D eigenvalue weighted by Gasteiger charge is -2.21. The van der Waals surface area contributed by atoms with E-state index >= 15 is 0 Å². The third kappa shape index (κ3) is 1.76. The predicted octanol–water partition coefficient (Wildman–Crippen LogP) is 0.0320. The van der Waals surface area contributed by atoms with Crippen LogP contribution in [0.1, 0.15) is 25.7 Å². The summed E-state index contributed by atoms with van der Waals surface area (Å²) in [5.41, 5.74) is 0. The SMILES string of the molecule is O=C(NC1CCOC1)C1CC2CCC1N2. The van der Waals surface area contributed by atoms with Gasteiger partial charge in [-0.3, -0.25) is 4.79 Å². The summed E-state index contributed by atoms with van der Waals surface area (Å²) in [5, 5.41) is 6.59. The number of carbonyl (C=O) groups is 1. The molecule has 4 atom stereocenters. The van der Waals surface area contributed by atoms with Crippen molar-refractivity contribution in [2.75, 3.05) is 13.2 Å². The quantitative estimate of drug-likeness (QED) is 0.676. The van der Waals surface area contributed by atoms with Crippen molar-refractivity contribution in [1.29, 1.82) is 0 Å². The Bertz CT molecular complexity index is 263. The van der Waals surface area contributed by atoms with Gasteiger partial charge >= 0.3 is 0 Å². The smallest absolute Gasteiger partial charge is 0.225 e. The standard InChI is InChI=1S/C11H18N2O2/c14-11(13-8-3-4-15-6-8)9-5-7-1-2-10(9)12-7/h7-10,12H,1-6H2,(H,13,14). The normalized spacial score (nSPS) is 43.5. The van der Waals surface area contributed by atoms with Gasteiger partial charge in [-0.05, 0) is 25.7 Å². The molecule has 3 heterocycles. The molecule has 0 aliphatic carbocycles. The summed E-state index contributed by atoms with van der Waals surface area (Å²) in [6.07, 6.45) is 4.43. The number of amides is 1. The second kappa shape index (κ2) is 3.76. The van der Waals surface area contributed by atoms with Crippen LogP contribution in [0.2, 0.25) is 0 Å². The summed E-state index contributed by atoms with van der Waals surface area (Å²) in [6.45, 7) is 1.49. The highest BCUT2D eigenvalue weighted by molar-refractivity contribution is 5.80. The Morgan fingerprint density at radius 2 is 2.27 bits per heavy atom.